The molecule has 96 valence electrons. The molecule has 0 spiro atoms. The third-order valence-corrected chi connectivity index (χ3v) is 3.89. The highest BCUT2D eigenvalue weighted by Gasteiger charge is 2.57. The molecule has 0 aromatic rings. The number of fused-ring (bicyclic) bond motifs is 2. The minimum absolute atomic E-state index is 0.465. The van der Waals surface area contributed by atoms with E-state index in [9.17, 15) is 18.0 Å². The molecule has 0 atom stereocenters. The molecule has 5 rings (SSSR count). The zero-order chi connectivity index (χ0) is 13.3. The van der Waals surface area contributed by atoms with Gasteiger partial charge in [0.25, 0.3) is 0 Å². The van der Waals surface area contributed by atoms with Crippen LogP contribution in [0.2, 0.25) is 0 Å². The third kappa shape index (κ3) is 1.39. The van der Waals surface area contributed by atoms with Gasteiger partial charge in [0.05, 0.1) is 0 Å². The van der Waals surface area contributed by atoms with Crippen LogP contribution in [0.5, 0.6) is 0 Å². The largest absolute Gasteiger partial charge is 0.447 e. The maximum atomic E-state index is 12.3. The van der Waals surface area contributed by atoms with Gasteiger partial charge >= 0.3 is 12.1 Å². The molecule has 4 bridgehead atoms. The van der Waals surface area contributed by atoms with Crippen LogP contribution in [-0.2, 0) is 9.53 Å². The zero-order valence-electron chi connectivity index (χ0n) is 9.67. The molecule has 0 saturated heterocycles. The molecule has 0 unspecified atom stereocenters. The van der Waals surface area contributed by atoms with Crippen molar-refractivity contribution in [3.05, 3.63) is 35.5 Å². The summed E-state index contributed by atoms with van der Waals surface area (Å²) in [6.45, 7) is 4.33. The Morgan fingerprint density at radius 2 is 1.89 bits per heavy atom. The molecular formula is C13H11F3O2. The van der Waals surface area contributed by atoms with Crippen molar-refractivity contribution >= 4 is 5.97 Å². The Bertz CT molecular complexity index is 489. The van der Waals surface area contributed by atoms with Crippen LogP contribution in [0, 0.1) is 11.8 Å². The lowest BCUT2D eigenvalue weighted by molar-refractivity contribution is -0.157. The number of hydrogen-bond acceptors (Lipinski definition) is 2. The number of hydrogen-bond donors (Lipinski definition) is 0. The highest BCUT2D eigenvalue weighted by molar-refractivity contribution is 5.89. The second kappa shape index (κ2) is 3.08. The predicted molar refractivity (Wildman–Crippen MR) is 57.5 cm³/mol. The van der Waals surface area contributed by atoms with Crippen molar-refractivity contribution in [2.75, 3.05) is 0 Å². The first-order chi connectivity index (χ1) is 8.21. The van der Waals surface area contributed by atoms with Crippen molar-refractivity contribution in [2.24, 2.45) is 11.8 Å². The Morgan fingerprint density at radius 3 is 2.28 bits per heavy atom. The van der Waals surface area contributed by atoms with Crippen molar-refractivity contribution in [2.45, 2.75) is 25.1 Å². The van der Waals surface area contributed by atoms with Crippen LogP contribution in [-0.4, -0.2) is 17.7 Å². The maximum Gasteiger partial charge on any atom is 0.422 e. The van der Waals surface area contributed by atoms with Crippen LogP contribution >= 0.6 is 0 Å². The standard InChI is InChI=1S/C13H11F3O2/c1-6(13(14,15)16)11(17)18-12(2)4-9-7-3-8(9)10(7)5-12/h4-5,7-8H,1,3H2,2H3. The number of carbonyl (C=O) groups is 1. The van der Waals surface area contributed by atoms with E-state index in [0.717, 1.165) is 6.42 Å². The first-order valence-electron chi connectivity index (χ1n) is 5.66. The van der Waals surface area contributed by atoms with E-state index in [-0.39, 0.29) is 0 Å². The first kappa shape index (κ1) is 11.6. The van der Waals surface area contributed by atoms with Crippen molar-refractivity contribution in [1.82, 2.24) is 0 Å². The van der Waals surface area contributed by atoms with Gasteiger partial charge in [-0.2, -0.15) is 13.2 Å². The zero-order valence-corrected chi connectivity index (χ0v) is 9.67. The minimum atomic E-state index is -4.74. The Kier molecular flexibility index (Phi) is 1.98. The number of ether oxygens (including phenoxy) is 1. The summed E-state index contributed by atoms with van der Waals surface area (Å²) in [5, 5.41) is 0. The van der Waals surface area contributed by atoms with E-state index in [2.05, 4.69) is 6.58 Å². The SMILES string of the molecule is C=C(C(=O)OC1(C)C=C2C3CC2C3=C1)C(F)(F)F. The molecule has 0 heterocycles. The normalized spacial score (nSPS) is 35.8. The molecule has 5 aliphatic rings. The Morgan fingerprint density at radius 1 is 1.39 bits per heavy atom. The fraction of sp³-hybridized carbons (Fsp3) is 0.462. The maximum absolute atomic E-state index is 12.3. The van der Waals surface area contributed by atoms with Gasteiger partial charge in [0.1, 0.15) is 11.2 Å². The summed E-state index contributed by atoms with van der Waals surface area (Å²) in [6, 6.07) is 0. The number of carbonyl (C=O) groups excluding carboxylic acids is 1. The van der Waals surface area contributed by atoms with E-state index in [4.69, 9.17) is 4.74 Å². The van der Waals surface area contributed by atoms with Crippen LogP contribution in [0.4, 0.5) is 13.2 Å². The van der Waals surface area contributed by atoms with Gasteiger partial charge in [-0.25, -0.2) is 4.79 Å². The molecule has 5 aliphatic carbocycles. The highest BCUT2D eigenvalue weighted by atomic mass is 19.4. The van der Waals surface area contributed by atoms with Crippen LogP contribution in [0.1, 0.15) is 13.3 Å². The lowest BCUT2D eigenvalue weighted by Gasteiger charge is -2.60. The summed E-state index contributed by atoms with van der Waals surface area (Å²) in [5.41, 5.74) is -0.130. The Balaban J connectivity index is 1.73. The summed E-state index contributed by atoms with van der Waals surface area (Å²) in [5.74, 6) is -0.478. The lowest BCUT2D eigenvalue weighted by atomic mass is 9.45. The molecule has 0 N–H and O–H groups in total. The number of halogens is 3. The molecule has 0 amide bonds. The van der Waals surface area contributed by atoms with Crippen molar-refractivity contribution in [3.8, 4) is 0 Å². The monoisotopic (exact) mass is 256 g/mol. The molecule has 0 radical (unpaired) electrons. The number of esters is 1. The Hall–Kier alpha value is -1.52. The van der Waals surface area contributed by atoms with Gasteiger partial charge in [-0.3, -0.25) is 0 Å². The molecule has 0 aromatic carbocycles. The first-order valence-corrected chi connectivity index (χ1v) is 5.66. The van der Waals surface area contributed by atoms with Crippen molar-refractivity contribution < 1.29 is 22.7 Å². The molecule has 0 aliphatic heterocycles. The van der Waals surface area contributed by atoms with Gasteiger partial charge in [0.15, 0.2) is 0 Å². The summed E-state index contributed by atoms with van der Waals surface area (Å²) < 4.78 is 41.8. The predicted octanol–water partition coefficient (Wildman–Crippen LogP) is 2.92. The second-order valence-corrected chi connectivity index (χ2v) is 5.18. The fourth-order valence-corrected chi connectivity index (χ4v) is 2.78. The van der Waals surface area contributed by atoms with Gasteiger partial charge in [-0.1, -0.05) is 17.7 Å². The summed E-state index contributed by atoms with van der Waals surface area (Å²) in [6.07, 6.45) is -0.0921. The molecule has 5 heteroatoms. The fourth-order valence-electron chi connectivity index (χ4n) is 2.78. The molecule has 3 fully saturated rings. The third-order valence-electron chi connectivity index (χ3n) is 3.89. The summed E-state index contributed by atoms with van der Waals surface area (Å²) in [7, 11) is 0. The van der Waals surface area contributed by atoms with Gasteiger partial charge in [0.2, 0.25) is 0 Å². The average molecular weight is 256 g/mol. The van der Waals surface area contributed by atoms with E-state index >= 15 is 0 Å². The van der Waals surface area contributed by atoms with E-state index in [1.807, 2.05) is 0 Å². The minimum Gasteiger partial charge on any atom is -0.447 e. The number of rotatable bonds is 2. The molecule has 2 nitrogen and oxygen atoms in total. The summed E-state index contributed by atoms with van der Waals surface area (Å²) >= 11 is 0. The molecule has 0 aromatic heterocycles. The van der Waals surface area contributed by atoms with E-state index < -0.39 is 23.3 Å². The van der Waals surface area contributed by atoms with Gasteiger partial charge in [0, 0.05) is 11.8 Å². The summed E-state index contributed by atoms with van der Waals surface area (Å²) in [4.78, 5) is 11.4. The topological polar surface area (TPSA) is 26.3 Å². The molecule has 18 heavy (non-hydrogen) atoms. The van der Waals surface area contributed by atoms with E-state index in [0.29, 0.717) is 11.8 Å². The van der Waals surface area contributed by atoms with Crippen LogP contribution < -0.4 is 0 Å². The molecular weight excluding hydrogens is 245 g/mol. The number of alkyl halides is 3. The molecule has 3 saturated carbocycles. The van der Waals surface area contributed by atoms with Crippen LogP contribution in [0.25, 0.3) is 0 Å². The average Bonchev–Trinajstić information content (AvgIpc) is 2.17. The van der Waals surface area contributed by atoms with Crippen LogP contribution in [0.3, 0.4) is 0 Å². The quantitative estimate of drug-likeness (QED) is 0.431. The van der Waals surface area contributed by atoms with Gasteiger partial charge in [-0.15, -0.1) is 0 Å². The highest BCUT2D eigenvalue weighted by Crippen LogP contribution is 2.65. The van der Waals surface area contributed by atoms with E-state index in [1.165, 1.54) is 11.1 Å². The van der Waals surface area contributed by atoms with Crippen molar-refractivity contribution in [3.63, 3.8) is 0 Å². The van der Waals surface area contributed by atoms with Gasteiger partial charge < -0.3 is 4.74 Å². The lowest BCUT2D eigenvalue weighted by Crippen LogP contribution is -2.52. The second-order valence-electron chi connectivity index (χ2n) is 5.18. The number of allylic oxidation sites excluding steroid dienone is 2. The van der Waals surface area contributed by atoms with Crippen molar-refractivity contribution in [1.29, 1.82) is 0 Å². The van der Waals surface area contributed by atoms with Crippen LogP contribution in [0.15, 0.2) is 35.5 Å². The van der Waals surface area contributed by atoms with Gasteiger partial charge in [-0.05, 0) is 25.5 Å². The smallest absolute Gasteiger partial charge is 0.422 e. The Labute approximate surface area is 102 Å². The van der Waals surface area contributed by atoms with E-state index in [1.54, 1.807) is 19.1 Å².